The van der Waals surface area contributed by atoms with E-state index in [-0.39, 0.29) is 28.3 Å². The number of ketones is 2. The average Bonchev–Trinajstić information content (AvgIpc) is 2.72. The van der Waals surface area contributed by atoms with Gasteiger partial charge in [0.2, 0.25) is 0 Å². The highest BCUT2D eigenvalue weighted by Gasteiger charge is 2.49. The third-order valence-corrected chi connectivity index (χ3v) is 8.06. The smallest absolute Gasteiger partial charge is 0.174 e. The van der Waals surface area contributed by atoms with Crippen LogP contribution >= 0.6 is 22.6 Å². The highest BCUT2D eigenvalue weighted by atomic mass is 127. The maximum absolute atomic E-state index is 13.8. The van der Waals surface area contributed by atoms with Gasteiger partial charge in [0.05, 0.1) is 17.8 Å². The lowest BCUT2D eigenvalue weighted by Crippen LogP contribution is -2.44. The van der Waals surface area contributed by atoms with Gasteiger partial charge in [-0.25, -0.2) is 0 Å². The molecule has 0 spiro atoms. The van der Waals surface area contributed by atoms with E-state index in [2.05, 4.69) is 68.2 Å². The summed E-state index contributed by atoms with van der Waals surface area (Å²) in [6.07, 6.45) is 3.61. The van der Waals surface area contributed by atoms with Crippen LogP contribution in [-0.4, -0.2) is 37.2 Å². The zero-order valence-corrected chi connectivity index (χ0v) is 23.6. The minimum absolute atomic E-state index is 0.106. The van der Waals surface area contributed by atoms with Gasteiger partial charge in [0, 0.05) is 47.8 Å². The number of carbonyl (C=O) groups excluding carboxylic acids is 2. The Morgan fingerprint density at radius 3 is 1.88 bits per heavy atom. The largest absolute Gasteiger partial charge is 0.493 e. The summed E-state index contributed by atoms with van der Waals surface area (Å²) in [4.78, 5) is 29.9. The number of ether oxygens (including phenoxy) is 2. The molecule has 0 N–H and O–H groups in total. The van der Waals surface area contributed by atoms with Crippen molar-refractivity contribution in [3.63, 3.8) is 0 Å². The molecule has 1 aromatic rings. The van der Waals surface area contributed by atoms with Gasteiger partial charge in [-0.3, -0.25) is 9.59 Å². The summed E-state index contributed by atoms with van der Waals surface area (Å²) in [5, 5.41) is 0. The Kier molecular flexibility index (Phi) is 6.68. The summed E-state index contributed by atoms with van der Waals surface area (Å²) in [5.74, 6) is 1.25. The number of allylic oxidation sites excluding steroid dienone is 4. The first-order valence-electron chi connectivity index (χ1n) is 12.1. The highest BCUT2D eigenvalue weighted by Crippen LogP contribution is 2.55. The average molecular weight is 578 g/mol. The predicted molar refractivity (Wildman–Crippen MR) is 142 cm³/mol. The van der Waals surface area contributed by atoms with Gasteiger partial charge < -0.3 is 14.4 Å². The van der Waals surface area contributed by atoms with Crippen molar-refractivity contribution in [2.24, 2.45) is 10.8 Å². The molecule has 3 aliphatic rings. The number of methoxy groups -OCH3 is 2. The number of carbonyl (C=O) groups is 2. The summed E-state index contributed by atoms with van der Waals surface area (Å²) in [5.41, 5.74) is 4.56. The van der Waals surface area contributed by atoms with Gasteiger partial charge in [-0.1, -0.05) is 34.6 Å². The molecule has 6 heteroatoms. The predicted octanol–water partition coefficient (Wildman–Crippen LogP) is 6.40. The second kappa shape index (κ2) is 8.99. The molecular formula is C28H36INO4. The minimum Gasteiger partial charge on any atom is -0.493 e. The van der Waals surface area contributed by atoms with E-state index in [9.17, 15) is 9.59 Å². The molecule has 1 heterocycles. The highest BCUT2D eigenvalue weighted by molar-refractivity contribution is 14.1. The Balaban J connectivity index is 2.03. The Morgan fingerprint density at radius 1 is 0.912 bits per heavy atom. The number of hydrogen-bond acceptors (Lipinski definition) is 5. The Morgan fingerprint density at radius 2 is 1.44 bits per heavy atom. The van der Waals surface area contributed by atoms with Crippen LogP contribution in [0.2, 0.25) is 0 Å². The van der Waals surface area contributed by atoms with Gasteiger partial charge in [0.1, 0.15) is 0 Å². The van der Waals surface area contributed by atoms with Crippen LogP contribution < -0.4 is 9.47 Å². The van der Waals surface area contributed by atoms with Gasteiger partial charge in [0.25, 0.3) is 0 Å². The second-order valence-electron chi connectivity index (χ2n) is 11.4. The molecule has 0 fully saturated rings. The maximum atomic E-state index is 13.8. The van der Waals surface area contributed by atoms with Gasteiger partial charge in [-0.15, -0.1) is 0 Å². The van der Waals surface area contributed by atoms with Crippen molar-refractivity contribution >= 4 is 34.2 Å². The van der Waals surface area contributed by atoms with E-state index in [4.69, 9.17) is 9.47 Å². The number of Topliss-reactive ketones (excluding diaryl/α,β-unsaturated/α-hetero) is 2. The topological polar surface area (TPSA) is 55.8 Å². The fourth-order valence-electron chi connectivity index (χ4n) is 5.98. The summed E-state index contributed by atoms with van der Waals surface area (Å²) in [7, 11) is 3.25. The third kappa shape index (κ3) is 4.31. The molecule has 1 aromatic carbocycles. The van der Waals surface area contributed by atoms with Gasteiger partial charge in [-0.05, 0) is 70.4 Å². The summed E-state index contributed by atoms with van der Waals surface area (Å²) in [6, 6.07) is 4.01. The van der Waals surface area contributed by atoms with E-state index in [1.807, 2.05) is 6.07 Å². The first kappa shape index (κ1) is 25.3. The third-order valence-electron chi connectivity index (χ3n) is 7.26. The van der Waals surface area contributed by atoms with Crippen LogP contribution in [0.15, 0.2) is 34.7 Å². The lowest BCUT2D eigenvalue weighted by atomic mass is 9.63. The van der Waals surface area contributed by atoms with E-state index >= 15 is 0 Å². The molecule has 0 saturated heterocycles. The lowest BCUT2D eigenvalue weighted by Gasteiger charge is -2.49. The van der Waals surface area contributed by atoms with Crippen molar-refractivity contribution in [3.8, 4) is 11.5 Å². The van der Waals surface area contributed by atoms with Crippen LogP contribution in [0.3, 0.4) is 0 Å². The zero-order chi connectivity index (χ0) is 25.0. The Hall–Kier alpha value is -1.83. The summed E-state index contributed by atoms with van der Waals surface area (Å²) < 4.78 is 12.1. The van der Waals surface area contributed by atoms with Gasteiger partial charge in [-0.2, -0.15) is 0 Å². The van der Waals surface area contributed by atoms with Crippen LogP contribution in [0.25, 0.3) is 0 Å². The summed E-state index contributed by atoms with van der Waals surface area (Å²) in [6.45, 7) is 11.7. The molecule has 184 valence electrons. The number of benzene rings is 1. The van der Waals surface area contributed by atoms with Gasteiger partial charge >= 0.3 is 0 Å². The number of halogens is 1. The molecule has 0 amide bonds. The molecule has 0 bridgehead atoms. The normalized spacial score (nSPS) is 22.1. The fourth-order valence-corrected chi connectivity index (χ4v) is 6.82. The molecule has 0 unspecified atom stereocenters. The maximum Gasteiger partial charge on any atom is 0.174 e. The van der Waals surface area contributed by atoms with E-state index in [1.54, 1.807) is 14.2 Å². The van der Waals surface area contributed by atoms with Crippen molar-refractivity contribution < 1.29 is 19.1 Å². The standard InChI is InChI=1S/C28H36INO4/c1-8-9-30-18-12-27(2,3)14-20(31)24(18)23(25-19(30)13-28(4,5)15-21(25)32)16-10-17(29)26(34-7)22(11-16)33-6/h10-11,23H,8-9,12-15H2,1-7H3. The summed E-state index contributed by atoms with van der Waals surface area (Å²) >= 11 is 2.25. The quantitative estimate of drug-likeness (QED) is 0.379. The fraction of sp³-hybridized carbons (Fsp3) is 0.571. The van der Waals surface area contributed by atoms with E-state index in [0.29, 0.717) is 24.3 Å². The van der Waals surface area contributed by atoms with Gasteiger partial charge in [0.15, 0.2) is 23.1 Å². The van der Waals surface area contributed by atoms with Crippen LogP contribution in [0, 0.1) is 14.4 Å². The number of rotatable bonds is 5. The zero-order valence-electron chi connectivity index (χ0n) is 21.4. The molecule has 0 atom stereocenters. The number of hydrogen-bond donors (Lipinski definition) is 0. The molecule has 4 rings (SSSR count). The van der Waals surface area contributed by atoms with Crippen LogP contribution in [0.4, 0.5) is 0 Å². The van der Waals surface area contributed by atoms with Crippen molar-refractivity contribution in [1.29, 1.82) is 0 Å². The van der Waals surface area contributed by atoms with Crippen molar-refractivity contribution in [2.45, 2.75) is 72.6 Å². The first-order valence-corrected chi connectivity index (χ1v) is 13.2. The first-order chi connectivity index (χ1) is 15.9. The molecular weight excluding hydrogens is 541 g/mol. The molecule has 0 aromatic heterocycles. The SMILES string of the molecule is CCCN1C2=C(C(=O)CC(C)(C)C2)C(c2cc(I)c(OC)c(OC)c2)C2=C1CC(C)(C)CC2=O. The van der Waals surface area contributed by atoms with E-state index in [1.165, 1.54) is 0 Å². The molecule has 0 radical (unpaired) electrons. The van der Waals surface area contributed by atoms with E-state index in [0.717, 1.165) is 57.5 Å². The van der Waals surface area contributed by atoms with Crippen LogP contribution in [-0.2, 0) is 9.59 Å². The van der Waals surface area contributed by atoms with Crippen molar-refractivity contribution in [3.05, 3.63) is 43.8 Å². The molecule has 1 aliphatic heterocycles. The molecule has 0 saturated carbocycles. The Bertz CT molecular complexity index is 1060. The second-order valence-corrected chi connectivity index (χ2v) is 12.6. The lowest BCUT2D eigenvalue weighted by molar-refractivity contribution is -0.119. The Labute approximate surface area is 217 Å². The van der Waals surface area contributed by atoms with Crippen molar-refractivity contribution in [1.82, 2.24) is 4.90 Å². The van der Waals surface area contributed by atoms with Crippen LogP contribution in [0.1, 0.15) is 78.2 Å². The van der Waals surface area contributed by atoms with E-state index < -0.39 is 0 Å². The number of nitrogens with zero attached hydrogens (tertiary/aromatic N) is 1. The molecule has 2 aliphatic carbocycles. The molecule has 5 nitrogen and oxygen atoms in total. The van der Waals surface area contributed by atoms with Crippen molar-refractivity contribution in [2.75, 3.05) is 20.8 Å². The monoisotopic (exact) mass is 577 g/mol. The minimum atomic E-state index is -0.362. The molecule has 34 heavy (non-hydrogen) atoms. The van der Waals surface area contributed by atoms with Crippen LogP contribution in [0.5, 0.6) is 11.5 Å².